The van der Waals surface area contributed by atoms with E-state index < -0.39 is 17.4 Å². The molecule has 0 bridgehead atoms. The largest absolute Gasteiger partial charge is 0.495 e. The molecule has 1 amide bonds. The van der Waals surface area contributed by atoms with Crippen LogP contribution in [-0.2, 0) is 10.5 Å². The number of hydrogen-bond acceptors (Lipinski definition) is 5. The van der Waals surface area contributed by atoms with E-state index in [9.17, 15) is 9.90 Å². The van der Waals surface area contributed by atoms with Crippen LogP contribution in [0.25, 0.3) is 0 Å². The monoisotopic (exact) mass is 401 g/mol. The van der Waals surface area contributed by atoms with Crippen LogP contribution in [-0.4, -0.2) is 42.5 Å². The number of aliphatic hydroxyl groups is 1. The number of carbonyl (C=O) groups is 1. The summed E-state index contributed by atoms with van der Waals surface area (Å²) in [7, 11) is 3.07. The second-order valence-electron chi connectivity index (χ2n) is 6.75. The molecule has 1 aliphatic heterocycles. The molecule has 1 saturated heterocycles. The van der Waals surface area contributed by atoms with Crippen LogP contribution >= 0.6 is 15.9 Å². The van der Waals surface area contributed by atoms with Crippen molar-refractivity contribution in [3.05, 3.63) is 22.2 Å². The molecule has 7 heteroatoms. The number of benzene rings is 1. The van der Waals surface area contributed by atoms with Crippen molar-refractivity contribution < 1.29 is 24.1 Å². The van der Waals surface area contributed by atoms with Gasteiger partial charge in [-0.3, -0.25) is 4.90 Å². The van der Waals surface area contributed by atoms with Crippen molar-refractivity contribution in [3.8, 4) is 11.5 Å². The van der Waals surface area contributed by atoms with Crippen LogP contribution < -0.4 is 9.47 Å². The number of amides is 1. The number of carbonyl (C=O) groups excluding carboxylic acids is 1. The molecule has 1 aliphatic rings. The van der Waals surface area contributed by atoms with Crippen LogP contribution in [0.3, 0.4) is 0 Å². The van der Waals surface area contributed by atoms with Crippen molar-refractivity contribution in [1.82, 2.24) is 4.90 Å². The fourth-order valence-electron chi connectivity index (χ4n) is 2.76. The molecule has 0 saturated carbocycles. The molecule has 1 unspecified atom stereocenters. The minimum Gasteiger partial charge on any atom is -0.495 e. The Labute approximate surface area is 150 Å². The van der Waals surface area contributed by atoms with Crippen LogP contribution in [0.15, 0.2) is 16.6 Å². The van der Waals surface area contributed by atoms with Crippen LogP contribution in [0, 0.1) is 0 Å². The summed E-state index contributed by atoms with van der Waals surface area (Å²) in [6.07, 6.45) is 0.555. The Bertz CT molecular complexity index is 603. The first kappa shape index (κ1) is 18.9. The highest BCUT2D eigenvalue weighted by atomic mass is 79.9. The van der Waals surface area contributed by atoms with Gasteiger partial charge in [0.2, 0.25) is 0 Å². The molecular formula is C17H24BrNO5. The van der Waals surface area contributed by atoms with E-state index in [1.165, 1.54) is 19.1 Å². The lowest BCUT2D eigenvalue weighted by atomic mass is 9.99. The number of rotatable bonds is 3. The van der Waals surface area contributed by atoms with Crippen molar-refractivity contribution >= 4 is 22.0 Å². The summed E-state index contributed by atoms with van der Waals surface area (Å²) in [4.78, 5) is 13.9. The van der Waals surface area contributed by atoms with Gasteiger partial charge in [-0.2, -0.15) is 0 Å². The van der Waals surface area contributed by atoms with E-state index in [2.05, 4.69) is 15.9 Å². The van der Waals surface area contributed by atoms with Gasteiger partial charge in [0.25, 0.3) is 0 Å². The molecule has 0 aliphatic carbocycles. The minimum absolute atomic E-state index is 0.417. The fourth-order valence-corrected chi connectivity index (χ4v) is 3.32. The first-order chi connectivity index (χ1) is 11.1. The van der Waals surface area contributed by atoms with Crippen molar-refractivity contribution in [2.45, 2.75) is 44.9 Å². The first-order valence-electron chi connectivity index (χ1n) is 7.77. The number of methoxy groups -OCH3 is 2. The summed E-state index contributed by atoms with van der Waals surface area (Å²) in [5.41, 5.74) is -1.55. The minimum atomic E-state index is -1.45. The summed E-state index contributed by atoms with van der Waals surface area (Å²) in [5.74, 6) is 1.04. The van der Waals surface area contributed by atoms with Gasteiger partial charge in [0, 0.05) is 18.5 Å². The van der Waals surface area contributed by atoms with Gasteiger partial charge in [0.05, 0.1) is 14.2 Å². The Morgan fingerprint density at radius 2 is 1.79 bits per heavy atom. The Morgan fingerprint density at radius 1 is 1.25 bits per heavy atom. The maximum absolute atomic E-state index is 12.5. The lowest BCUT2D eigenvalue weighted by Gasteiger charge is -2.35. The van der Waals surface area contributed by atoms with Crippen LogP contribution in [0.1, 0.15) is 39.2 Å². The van der Waals surface area contributed by atoms with Gasteiger partial charge < -0.3 is 19.3 Å². The molecule has 1 aromatic rings. The zero-order valence-corrected chi connectivity index (χ0v) is 16.3. The Hall–Kier alpha value is -1.47. The quantitative estimate of drug-likeness (QED) is 0.836. The van der Waals surface area contributed by atoms with E-state index >= 15 is 0 Å². The summed E-state index contributed by atoms with van der Waals surface area (Å²) in [6, 6.07) is 3.41. The smallest absolute Gasteiger partial charge is 0.412 e. The van der Waals surface area contributed by atoms with Crippen LogP contribution in [0.2, 0.25) is 0 Å². The van der Waals surface area contributed by atoms with E-state index in [0.717, 1.165) is 0 Å². The number of likely N-dealkylation sites (tertiary alicyclic amines) is 1. The number of halogens is 1. The summed E-state index contributed by atoms with van der Waals surface area (Å²) >= 11 is 3.41. The normalized spacial score (nSPS) is 20.9. The molecule has 24 heavy (non-hydrogen) atoms. The molecule has 1 atom stereocenters. The van der Waals surface area contributed by atoms with Crippen LogP contribution in [0.5, 0.6) is 11.5 Å². The van der Waals surface area contributed by atoms with Gasteiger partial charge in [0.1, 0.15) is 21.6 Å². The first-order valence-corrected chi connectivity index (χ1v) is 8.56. The fraction of sp³-hybridized carbons (Fsp3) is 0.588. The lowest BCUT2D eigenvalue weighted by Crippen LogP contribution is -2.47. The zero-order chi connectivity index (χ0) is 18.1. The highest BCUT2D eigenvalue weighted by Crippen LogP contribution is 2.43. The number of nitrogens with zero attached hydrogens (tertiary/aromatic N) is 1. The van der Waals surface area contributed by atoms with Crippen molar-refractivity contribution in [1.29, 1.82) is 0 Å². The van der Waals surface area contributed by atoms with Crippen molar-refractivity contribution in [2.75, 3.05) is 20.8 Å². The van der Waals surface area contributed by atoms with Gasteiger partial charge in [-0.05, 0) is 55.3 Å². The Balaban J connectivity index is 2.43. The second kappa shape index (κ2) is 6.80. The highest BCUT2D eigenvalue weighted by Gasteiger charge is 2.46. The summed E-state index contributed by atoms with van der Waals surface area (Å²) in [6.45, 7) is 5.81. The molecule has 6 nitrogen and oxygen atoms in total. The average molecular weight is 402 g/mol. The predicted octanol–water partition coefficient (Wildman–Crippen LogP) is 3.64. The van der Waals surface area contributed by atoms with E-state index in [4.69, 9.17) is 14.2 Å². The van der Waals surface area contributed by atoms with Gasteiger partial charge in [0.15, 0.2) is 5.72 Å². The third kappa shape index (κ3) is 3.62. The third-order valence-electron chi connectivity index (χ3n) is 3.88. The number of ether oxygens (including phenoxy) is 3. The molecule has 1 heterocycles. The Kier molecular flexibility index (Phi) is 5.34. The maximum Gasteiger partial charge on any atom is 0.412 e. The van der Waals surface area contributed by atoms with E-state index in [-0.39, 0.29) is 0 Å². The van der Waals surface area contributed by atoms with E-state index in [1.807, 2.05) is 0 Å². The van der Waals surface area contributed by atoms with Crippen LogP contribution in [0.4, 0.5) is 4.79 Å². The second-order valence-corrected chi connectivity index (χ2v) is 7.54. The molecule has 0 spiro atoms. The van der Waals surface area contributed by atoms with Gasteiger partial charge >= 0.3 is 6.09 Å². The standard InChI is InChI=1S/C17H24BrNO5/c1-16(2,3)24-15(20)19-8-6-7-17(19,21)11-9-12(22-4)14(18)13(10-11)23-5/h9-10,21H,6-8H2,1-5H3. The molecular weight excluding hydrogens is 378 g/mol. The van der Waals surface area contributed by atoms with Gasteiger partial charge in [-0.25, -0.2) is 4.79 Å². The Morgan fingerprint density at radius 3 is 2.25 bits per heavy atom. The van der Waals surface area contributed by atoms with Gasteiger partial charge in [-0.1, -0.05) is 0 Å². The van der Waals surface area contributed by atoms with E-state index in [0.29, 0.717) is 40.9 Å². The number of hydrogen-bond donors (Lipinski definition) is 1. The molecule has 0 aromatic heterocycles. The van der Waals surface area contributed by atoms with E-state index in [1.54, 1.807) is 32.9 Å². The molecule has 1 N–H and O–H groups in total. The summed E-state index contributed by atoms with van der Waals surface area (Å²) < 4.78 is 16.8. The maximum atomic E-state index is 12.5. The molecule has 2 rings (SSSR count). The zero-order valence-electron chi connectivity index (χ0n) is 14.7. The van der Waals surface area contributed by atoms with Gasteiger partial charge in [-0.15, -0.1) is 0 Å². The van der Waals surface area contributed by atoms with Crippen molar-refractivity contribution in [3.63, 3.8) is 0 Å². The lowest BCUT2D eigenvalue weighted by molar-refractivity contribution is -0.0895. The molecule has 1 aromatic carbocycles. The highest BCUT2D eigenvalue weighted by molar-refractivity contribution is 9.10. The predicted molar refractivity (Wildman–Crippen MR) is 93.3 cm³/mol. The topological polar surface area (TPSA) is 68.2 Å². The molecule has 0 radical (unpaired) electrons. The third-order valence-corrected chi connectivity index (χ3v) is 4.66. The summed E-state index contributed by atoms with van der Waals surface area (Å²) in [5, 5.41) is 11.2. The average Bonchev–Trinajstić information content (AvgIpc) is 2.89. The molecule has 1 fully saturated rings. The van der Waals surface area contributed by atoms with Crippen molar-refractivity contribution in [2.24, 2.45) is 0 Å². The molecule has 134 valence electrons. The SMILES string of the molecule is COc1cc(C2(O)CCCN2C(=O)OC(C)(C)C)cc(OC)c1Br.